The van der Waals surface area contributed by atoms with Crippen molar-refractivity contribution in [1.82, 2.24) is 4.90 Å². The number of aryl methyl sites for hydroxylation is 1. The van der Waals surface area contributed by atoms with Crippen molar-refractivity contribution < 1.29 is 14.7 Å². The maximum atomic E-state index is 12.3. The molecule has 2 rings (SSSR count). The van der Waals surface area contributed by atoms with Crippen molar-refractivity contribution in [3.8, 4) is 0 Å². The smallest absolute Gasteiger partial charge is 0.323 e. The number of carbonyl (C=O) groups excluding carboxylic acids is 1. The molecule has 5 heteroatoms. The summed E-state index contributed by atoms with van der Waals surface area (Å²) >= 11 is 1.69. The van der Waals surface area contributed by atoms with Gasteiger partial charge in [-0.1, -0.05) is 6.92 Å². The van der Waals surface area contributed by atoms with E-state index in [9.17, 15) is 9.59 Å². The lowest BCUT2D eigenvalue weighted by molar-refractivity contribution is -0.145. The second kappa shape index (κ2) is 5.74. The number of hydrogen-bond acceptors (Lipinski definition) is 3. The van der Waals surface area contributed by atoms with Crippen LogP contribution < -0.4 is 0 Å². The molecule has 1 fully saturated rings. The van der Waals surface area contributed by atoms with E-state index < -0.39 is 5.97 Å². The van der Waals surface area contributed by atoms with Gasteiger partial charge in [-0.15, -0.1) is 11.3 Å². The number of nitrogens with zero attached hydrogens (tertiary/aromatic N) is 1. The van der Waals surface area contributed by atoms with Crippen molar-refractivity contribution in [1.29, 1.82) is 0 Å². The Bertz CT molecular complexity index is 483. The minimum absolute atomic E-state index is 0.00190. The summed E-state index contributed by atoms with van der Waals surface area (Å²) in [5, 5.41) is 10.9. The Morgan fingerprint density at radius 1 is 1.53 bits per heavy atom. The topological polar surface area (TPSA) is 57.6 Å². The van der Waals surface area contributed by atoms with Gasteiger partial charge in [-0.05, 0) is 36.8 Å². The van der Waals surface area contributed by atoms with E-state index >= 15 is 0 Å². The van der Waals surface area contributed by atoms with Gasteiger partial charge in [0.2, 0.25) is 5.91 Å². The molecule has 1 aliphatic rings. The number of carboxylic acids is 1. The molecule has 1 aliphatic carbocycles. The Labute approximate surface area is 117 Å². The lowest BCUT2D eigenvalue weighted by atomic mass is 10.2. The molecule has 2 atom stereocenters. The molecule has 0 aromatic carbocycles. The summed E-state index contributed by atoms with van der Waals surface area (Å²) in [6, 6.07) is 2.07. The molecule has 0 unspecified atom stereocenters. The highest BCUT2D eigenvalue weighted by Crippen LogP contribution is 2.51. The van der Waals surface area contributed by atoms with Crippen molar-refractivity contribution in [2.45, 2.75) is 32.6 Å². The van der Waals surface area contributed by atoms with Crippen LogP contribution in [0.1, 0.15) is 36.1 Å². The normalized spacial score (nSPS) is 21.2. The van der Waals surface area contributed by atoms with Gasteiger partial charge in [0, 0.05) is 23.3 Å². The van der Waals surface area contributed by atoms with Gasteiger partial charge < -0.3 is 10.0 Å². The number of rotatable bonds is 6. The van der Waals surface area contributed by atoms with Gasteiger partial charge in [-0.2, -0.15) is 0 Å². The average molecular weight is 281 g/mol. The predicted molar refractivity (Wildman–Crippen MR) is 74.4 cm³/mol. The Kier molecular flexibility index (Phi) is 4.24. The van der Waals surface area contributed by atoms with Gasteiger partial charge in [0.1, 0.15) is 6.54 Å². The van der Waals surface area contributed by atoms with Gasteiger partial charge in [0.25, 0.3) is 0 Å². The van der Waals surface area contributed by atoms with Crippen molar-refractivity contribution in [3.05, 3.63) is 21.9 Å². The fourth-order valence-electron chi connectivity index (χ4n) is 2.46. The van der Waals surface area contributed by atoms with Crippen LogP contribution in [-0.4, -0.2) is 35.0 Å². The first-order valence-electron chi connectivity index (χ1n) is 6.59. The minimum Gasteiger partial charge on any atom is -0.480 e. The number of carbonyl (C=O) groups is 2. The van der Waals surface area contributed by atoms with Crippen molar-refractivity contribution >= 4 is 23.2 Å². The van der Waals surface area contributed by atoms with Crippen molar-refractivity contribution in [2.24, 2.45) is 5.92 Å². The lowest BCUT2D eigenvalue weighted by Crippen LogP contribution is -2.37. The van der Waals surface area contributed by atoms with Crippen LogP contribution in [0.4, 0.5) is 0 Å². The molecule has 1 heterocycles. The molecule has 19 heavy (non-hydrogen) atoms. The van der Waals surface area contributed by atoms with E-state index in [1.807, 2.05) is 12.3 Å². The molecular weight excluding hydrogens is 262 g/mol. The maximum Gasteiger partial charge on any atom is 0.323 e. The second-order valence-corrected chi connectivity index (χ2v) is 6.02. The molecule has 1 aromatic rings. The molecule has 104 valence electrons. The standard InChI is InChI=1S/C14H19NO3S/c1-3-5-15(8-12(16)17)14(18)11-7-10(11)13-9(2)4-6-19-13/h4,6,10-11H,3,5,7-8H2,1-2H3,(H,16,17)/t10-,11+/m1/s1. The first-order valence-corrected chi connectivity index (χ1v) is 7.47. The third-order valence-corrected chi connectivity index (χ3v) is 4.63. The quantitative estimate of drug-likeness (QED) is 0.871. The van der Waals surface area contributed by atoms with E-state index in [1.54, 1.807) is 11.3 Å². The van der Waals surface area contributed by atoms with Crippen LogP contribution in [-0.2, 0) is 9.59 Å². The van der Waals surface area contributed by atoms with Gasteiger partial charge in [-0.3, -0.25) is 9.59 Å². The van der Waals surface area contributed by atoms with Crippen LogP contribution >= 0.6 is 11.3 Å². The highest BCUT2D eigenvalue weighted by atomic mass is 32.1. The molecule has 0 aliphatic heterocycles. The fraction of sp³-hybridized carbons (Fsp3) is 0.571. The zero-order valence-corrected chi connectivity index (χ0v) is 12.1. The third-order valence-electron chi connectivity index (χ3n) is 3.48. The molecule has 1 amide bonds. The van der Waals surface area contributed by atoms with E-state index in [-0.39, 0.29) is 18.4 Å². The second-order valence-electron chi connectivity index (χ2n) is 5.07. The van der Waals surface area contributed by atoms with E-state index in [4.69, 9.17) is 5.11 Å². The summed E-state index contributed by atoms with van der Waals surface area (Å²) in [7, 11) is 0. The number of amides is 1. The first-order chi connectivity index (χ1) is 9.04. The summed E-state index contributed by atoms with van der Waals surface area (Å²) < 4.78 is 0. The number of aliphatic carboxylic acids is 1. The SMILES string of the molecule is CCCN(CC(=O)O)C(=O)[C@H]1C[C@H]1c1sccc1C. The van der Waals surface area contributed by atoms with Gasteiger partial charge in [0.05, 0.1) is 0 Å². The van der Waals surface area contributed by atoms with E-state index in [1.165, 1.54) is 15.3 Å². The first kappa shape index (κ1) is 14.1. The Hall–Kier alpha value is -1.36. The summed E-state index contributed by atoms with van der Waals surface area (Å²) in [4.78, 5) is 25.9. The van der Waals surface area contributed by atoms with Gasteiger partial charge in [0.15, 0.2) is 0 Å². The number of thiophene rings is 1. The van der Waals surface area contributed by atoms with Crippen LogP contribution in [0.25, 0.3) is 0 Å². The van der Waals surface area contributed by atoms with E-state index in [0.717, 1.165) is 12.8 Å². The molecule has 1 N–H and O–H groups in total. The molecule has 0 spiro atoms. The zero-order valence-electron chi connectivity index (χ0n) is 11.3. The van der Waals surface area contributed by atoms with Gasteiger partial charge in [-0.25, -0.2) is 0 Å². The summed E-state index contributed by atoms with van der Waals surface area (Å²) in [6.45, 7) is 4.36. The monoisotopic (exact) mass is 281 g/mol. The Morgan fingerprint density at radius 2 is 2.26 bits per heavy atom. The van der Waals surface area contributed by atoms with Crippen molar-refractivity contribution in [2.75, 3.05) is 13.1 Å². The van der Waals surface area contributed by atoms with Crippen molar-refractivity contribution in [3.63, 3.8) is 0 Å². The number of hydrogen-bond donors (Lipinski definition) is 1. The third kappa shape index (κ3) is 3.15. The molecule has 0 radical (unpaired) electrons. The molecule has 1 saturated carbocycles. The molecule has 4 nitrogen and oxygen atoms in total. The van der Waals surface area contributed by atoms with Crippen LogP contribution in [0.3, 0.4) is 0 Å². The Balaban J connectivity index is 2.00. The highest BCUT2D eigenvalue weighted by molar-refractivity contribution is 7.10. The highest BCUT2D eigenvalue weighted by Gasteiger charge is 2.47. The minimum atomic E-state index is -0.939. The molecular formula is C14H19NO3S. The van der Waals surface area contributed by atoms with Crippen LogP contribution in [0, 0.1) is 12.8 Å². The summed E-state index contributed by atoms with van der Waals surface area (Å²) in [6.07, 6.45) is 1.65. The van der Waals surface area contributed by atoms with Crippen LogP contribution in [0.15, 0.2) is 11.4 Å². The molecule has 1 aromatic heterocycles. The zero-order chi connectivity index (χ0) is 14.0. The van der Waals surface area contributed by atoms with Gasteiger partial charge >= 0.3 is 5.97 Å². The molecule has 0 bridgehead atoms. The predicted octanol–water partition coefficient (Wildman–Crippen LogP) is 2.48. The average Bonchev–Trinajstić information content (AvgIpc) is 3.03. The maximum absolute atomic E-state index is 12.3. The lowest BCUT2D eigenvalue weighted by Gasteiger charge is -2.20. The van der Waals surface area contributed by atoms with E-state index in [0.29, 0.717) is 12.5 Å². The fourth-order valence-corrected chi connectivity index (χ4v) is 3.56. The largest absolute Gasteiger partial charge is 0.480 e. The summed E-state index contributed by atoms with van der Waals surface area (Å²) in [5.41, 5.74) is 1.24. The van der Waals surface area contributed by atoms with Crippen LogP contribution in [0.5, 0.6) is 0 Å². The Morgan fingerprint density at radius 3 is 2.79 bits per heavy atom. The summed E-state index contributed by atoms with van der Waals surface area (Å²) in [5.74, 6) is -0.641. The van der Waals surface area contributed by atoms with E-state index in [2.05, 4.69) is 13.0 Å². The number of carboxylic acid groups (broad SMARTS) is 1. The molecule has 0 saturated heterocycles. The van der Waals surface area contributed by atoms with Crippen LogP contribution in [0.2, 0.25) is 0 Å².